The Labute approximate surface area is 224 Å². The second-order valence-corrected chi connectivity index (χ2v) is 11.7. The third-order valence-corrected chi connectivity index (χ3v) is 7.95. The lowest BCUT2D eigenvalue weighted by molar-refractivity contribution is -0.144. The van der Waals surface area contributed by atoms with E-state index in [4.69, 9.17) is 4.74 Å². The first kappa shape index (κ1) is 26.6. The van der Waals surface area contributed by atoms with Crippen molar-refractivity contribution in [3.05, 3.63) is 48.4 Å². The van der Waals surface area contributed by atoms with E-state index in [0.29, 0.717) is 35.3 Å². The van der Waals surface area contributed by atoms with E-state index >= 15 is 0 Å². The number of pyridine rings is 1. The van der Waals surface area contributed by atoms with Crippen molar-refractivity contribution in [3.63, 3.8) is 0 Å². The zero-order valence-corrected chi connectivity index (χ0v) is 22.3. The van der Waals surface area contributed by atoms with Crippen LogP contribution < -0.4 is 10.1 Å². The summed E-state index contributed by atoms with van der Waals surface area (Å²) in [6.07, 6.45) is 7.87. The molecule has 1 N–H and O–H groups in total. The average Bonchev–Trinajstić information content (AvgIpc) is 3.34. The maximum Gasteiger partial charge on any atom is 0.401 e. The Morgan fingerprint density at radius 2 is 1.92 bits per heavy atom. The van der Waals surface area contributed by atoms with Gasteiger partial charge in [0.05, 0.1) is 17.1 Å². The standard InChI is InChI=1S/C27H31F3N6OS/c1-26(2)10-5-20(6-11-26)37-24-31-12-7-21(34-24)22-16-33-25(38-22)35-23-4-3-19(15-32-23)18-8-13-36(14-9-18)17-27(28,29)30/h3-4,7-8,12,15-16,20H,5-6,9-11,13-14,17H2,1-2H3,(H,32,33,35). The van der Waals surface area contributed by atoms with E-state index in [1.54, 1.807) is 18.6 Å². The number of hydrogen-bond donors (Lipinski definition) is 1. The van der Waals surface area contributed by atoms with Crippen molar-refractivity contribution >= 4 is 27.9 Å². The van der Waals surface area contributed by atoms with Gasteiger partial charge >= 0.3 is 12.2 Å². The molecule has 0 aromatic carbocycles. The summed E-state index contributed by atoms with van der Waals surface area (Å²) in [5.74, 6) is 0.636. The average molecular weight is 545 g/mol. The molecule has 202 valence electrons. The van der Waals surface area contributed by atoms with Crippen LogP contribution >= 0.6 is 11.3 Å². The third-order valence-electron chi connectivity index (χ3n) is 7.02. The Kier molecular flexibility index (Phi) is 7.67. The fraction of sp³-hybridized carbons (Fsp3) is 0.481. The molecule has 0 bridgehead atoms. The molecule has 5 rings (SSSR count). The molecule has 3 aromatic heterocycles. The first-order chi connectivity index (χ1) is 18.1. The summed E-state index contributed by atoms with van der Waals surface area (Å²) >= 11 is 1.46. The molecular weight excluding hydrogens is 513 g/mol. The molecule has 1 saturated carbocycles. The topological polar surface area (TPSA) is 76.1 Å². The van der Waals surface area contributed by atoms with Gasteiger partial charge in [0.15, 0.2) is 5.13 Å². The minimum atomic E-state index is -4.17. The fourth-order valence-electron chi connectivity index (χ4n) is 4.76. The van der Waals surface area contributed by atoms with E-state index < -0.39 is 12.7 Å². The van der Waals surface area contributed by atoms with Crippen molar-refractivity contribution in [3.8, 4) is 16.6 Å². The van der Waals surface area contributed by atoms with Crippen LogP contribution in [0.2, 0.25) is 0 Å². The third kappa shape index (κ3) is 7.08. The molecule has 1 fully saturated rings. The van der Waals surface area contributed by atoms with Crippen LogP contribution in [0.1, 0.15) is 51.5 Å². The summed E-state index contributed by atoms with van der Waals surface area (Å²) < 4.78 is 43.9. The number of thiazole rings is 1. The molecule has 3 aromatic rings. The van der Waals surface area contributed by atoms with Crippen molar-refractivity contribution < 1.29 is 17.9 Å². The Morgan fingerprint density at radius 3 is 2.61 bits per heavy atom. The normalized spacial score (nSPS) is 18.7. The van der Waals surface area contributed by atoms with Crippen LogP contribution in [0.5, 0.6) is 6.01 Å². The Balaban J connectivity index is 1.18. The molecule has 38 heavy (non-hydrogen) atoms. The SMILES string of the molecule is CC1(C)CCC(Oc2nccc(-c3cnc(Nc4ccc(C5=CCN(CC(F)(F)F)CC5)cn4)s3)n2)CC1. The minimum Gasteiger partial charge on any atom is -0.460 e. The Hall–Kier alpha value is -3.05. The van der Waals surface area contributed by atoms with Crippen molar-refractivity contribution in [1.29, 1.82) is 0 Å². The largest absolute Gasteiger partial charge is 0.460 e. The second-order valence-electron chi connectivity index (χ2n) is 10.6. The van der Waals surface area contributed by atoms with E-state index in [1.165, 1.54) is 16.2 Å². The number of anilines is 2. The monoisotopic (exact) mass is 544 g/mol. The highest BCUT2D eigenvalue weighted by Gasteiger charge is 2.31. The van der Waals surface area contributed by atoms with Crippen LogP contribution in [0, 0.1) is 5.41 Å². The Bertz CT molecular complexity index is 1260. The summed E-state index contributed by atoms with van der Waals surface area (Å²) in [4.78, 5) is 20.1. The molecule has 2 aliphatic rings. The molecule has 0 amide bonds. The van der Waals surface area contributed by atoms with E-state index in [9.17, 15) is 13.2 Å². The number of nitrogens with zero attached hydrogens (tertiary/aromatic N) is 5. The van der Waals surface area contributed by atoms with Gasteiger partial charge in [0.2, 0.25) is 0 Å². The van der Waals surface area contributed by atoms with Gasteiger partial charge in [-0.05, 0) is 66.9 Å². The molecule has 0 spiro atoms. The lowest BCUT2D eigenvalue weighted by Crippen LogP contribution is -2.36. The molecule has 0 atom stereocenters. The van der Waals surface area contributed by atoms with Crippen LogP contribution in [-0.4, -0.2) is 56.8 Å². The van der Waals surface area contributed by atoms with Gasteiger partial charge in [-0.3, -0.25) is 4.90 Å². The highest BCUT2D eigenvalue weighted by Crippen LogP contribution is 2.36. The molecule has 1 aliphatic heterocycles. The van der Waals surface area contributed by atoms with Gasteiger partial charge in [0.1, 0.15) is 11.9 Å². The molecule has 0 radical (unpaired) electrons. The first-order valence-corrected chi connectivity index (χ1v) is 13.6. The summed E-state index contributed by atoms with van der Waals surface area (Å²) in [6, 6.07) is 6.01. The maximum absolute atomic E-state index is 12.6. The van der Waals surface area contributed by atoms with Crippen LogP contribution in [0.4, 0.5) is 24.1 Å². The van der Waals surface area contributed by atoms with Gasteiger partial charge in [-0.25, -0.2) is 15.0 Å². The van der Waals surface area contributed by atoms with Crippen molar-refractivity contribution in [2.24, 2.45) is 5.41 Å². The highest BCUT2D eigenvalue weighted by molar-refractivity contribution is 7.18. The van der Waals surface area contributed by atoms with Crippen molar-refractivity contribution in [2.75, 3.05) is 25.0 Å². The van der Waals surface area contributed by atoms with E-state index in [1.807, 2.05) is 24.3 Å². The van der Waals surface area contributed by atoms with Crippen LogP contribution in [-0.2, 0) is 0 Å². The van der Waals surface area contributed by atoms with Gasteiger partial charge in [0.25, 0.3) is 0 Å². The number of aromatic nitrogens is 4. The van der Waals surface area contributed by atoms with Crippen LogP contribution in [0.3, 0.4) is 0 Å². The Morgan fingerprint density at radius 1 is 1.11 bits per heavy atom. The summed E-state index contributed by atoms with van der Waals surface area (Å²) in [5, 5.41) is 3.89. The number of ether oxygens (including phenoxy) is 1. The van der Waals surface area contributed by atoms with E-state index in [-0.39, 0.29) is 12.6 Å². The molecule has 7 nitrogen and oxygen atoms in total. The van der Waals surface area contributed by atoms with Gasteiger partial charge in [-0.2, -0.15) is 18.2 Å². The smallest absolute Gasteiger partial charge is 0.401 e. The summed E-state index contributed by atoms with van der Waals surface area (Å²) in [7, 11) is 0. The van der Waals surface area contributed by atoms with Gasteiger partial charge in [0, 0.05) is 31.7 Å². The van der Waals surface area contributed by atoms with Crippen molar-refractivity contribution in [2.45, 2.75) is 58.2 Å². The maximum atomic E-state index is 12.6. The zero-order valence-electron chi connectivity index (χ0n) is 21.5. The quantitative estimate of drug-likeness (QED) is 0.353. The van der Waals surface area contributed by atoms with E-state index in [0.717, 1.165) is 47.4 Å². The molecule has 0 saturated heterocycles. The summed E-state index contributed by atoms with van der Waals surface area (Å²) in [6.45, 7) is 4.38. The molecule has 0 unspecified atom stereocenters. The van der Waals surface area contributed by atoms with Gasteiger partial charge in [-0.1, -0.05) is 31.3 Å². The zero-order chi connectivity index (χ0) is 26.8. The lowest BCUT2D eigenvalue weighted by Gasteiger charge is -2.33. The van der Waals surface area contributed by atoms with Crippen molar-refractivity contribution in [1.82, 2.24) is 24.8 Å². The highest BCUT2D eigenvalue weighted by atomic mass is 32.1. The minimum absolute atomic E-state index is 0.147. The number of rotatable bonds is 7. The van der Waals surface area contributed by atoms with Crippen LogP contribution in [0.25, 0.3) is 16.1 Å². The summed E-state index contributed by atoms with van der Waals surface area (Å²) in [5.41, 5.74) is 3.05. The molecule has 11 heteroatoms. The van der Waals surface area contributed by atoms with Gasteiger partial charge in [-0.15, -0.1) is 0 Å². The number of alkyl halides is 3. The number of halogens is 3. The molecule has 4 heterocycles. The predicted molar refractivity (Wildman–Crippen MR) is 142 cm³/mol. The van der Waals surface area contributed by atoms with Gasteiger partial charge < -0.3 is 10.1 Å². The fourth-order valence-corrected chi connectivity index (χ4v) is 5.56. The second kappa shape index (κ2) is 11.0. The van der Waals surface area contributed by atoms with Crippen LogP contribution in [0.15, 0.2) is 42.9 Å². The van der Waals surface area contributed by atoms with E-state index in [2.05, 4.69) is 39.1 Å². The molecular formula is C27H31F3N6OS. The first-order valence-electron chi connectivity index (χ1n) is 12.8. The lowest BCUT2D eigenvalue weighted by atomic mass is 9.76. The predicted octanol–water partition coefficient (Wildman–Crippen LogP) is 6.74. The number of nitrogens with one attached hydrogen (secondary N) is 1. The number of hydrogen-bond acceptors (Lipinski definition) is 8. The molecule has 1 aliphatic carbocycles.